The van der Waals surface area contributed by atoms with Crippen LogP contribution in [0.15, 0.2) is 12.4 Å². The van der Waals surface area contributed by atoms with Gasteiger partial charge in [0.25, 0.3) is 0 Å². The van der Waals surface area contributed by atoms with Crippen LogP contribution in [0.2, 0.25) is 0 Å². The van der Waals surface area contributed by atoms with Gasteiger partial charge in [-0.05, 0) is 25.3 Å². The van der Waals surface area contributed by atoms with Crippen molar-refractivity contribution in [3.8, 4) is 5.88 Å². The second kappa shape index (κ2) is 7.84. The third kappa shape index (κ3) is 5.49. The molecule has 0 fully saturated rings. The van der Waals surface area contributed by atoms with E-state index in [9.17, 15) is 0 Å². The molecule has 5 heteroatoms. The summed E-state index contributed by atoms with van der Waals surface area (Å²) in [5.41, 5.74) is 5.50. The summed E-state index contributed by atoms with van der Waals surface area (Å²) in [6, 6.07) is 1.82. The minimum Gasteiger partial charge on any atom is -0.478 e. The van der Waals surface area contributed by atoms with Crippen molar-refractivity contribution in [1.82, 2.24) is 9.97 Å². The van der Waals surface area contributed by atoms with Crippen molar-refractivity contribution in [3.05, 3.63) is 12.4 Å². The molecule has 0 spiro atoms. The second-order valence-electron chi connectivity index (χ2n) is 4.15. The Balaban J connectivity index is 2.42. The van der Waals surface area contributed by atoms with E-state index in [0.29, 0.717) is 18.4 Å². The highest BCUT2D eigenvalue weighted by molar-refractivity contribution is 5.36. The fraction of sp³-hybridized carbons (Fsp3) is 0.667. The molecule has 0 aliphatic rings. The van der Waals surface area contributed by atoms with Gasteiger partial charge in [0.15, 0.2) is 0 Å². The number of rotatable bonds is 8. The van der Waals surface area contributed by atoms with Crippen molar-refractivity contribution in [2.45, 2.75) is 26.7 Å². The summed E-state index contributed by atoms with van der Waals surface area (Å²) in [5.74, 6) is 1.96. The molecule has 1 aromatic heterocycles. The van der Waals surface area contributed by atoms with Gasteiger partial charge in [0.2, 0.25) is 5.88 Å². The maximum absolute atomic E-state index is 5.50. The molecule has 0 aliphatic heterocycles. The molecular formula is C12H22N4O. The second-order valence-corrected chi connectivity index (χ2v) is 4.15. The molecule has 0 aliphatic carbocycles. The van der Waals surface area contributed by atoms with Gasteiger partial charge >= 0.3 is 0 Å². The molecule has 1 unspecified atom stereocenters. The molecule has 96 valence electrons. The van der Waals surface area contributed by atoms with E-state index < -0.39 is 0 Å². The maximum atomic E-state index is 5.50. The molecule has 0 aromatic carbocycles. The summed E-state index contributed by atoms with van der Waals surface area (Å²) in [7, 11) is 0. The largest absolute Gasteiger partial charge is 0.478 e. The lowest BCUT2D eigenvalue weighted by Crippen LogP contribution is -2.15. The highest BCUT2D eigenvalue weighted by atomic mass is 16.5. The number of hydrogen-bond donors (Lipinski definition) is 2. The molecule has 1 heterocycles. The van der Waals surface area contributed by atoms with Gasteiger partial charge in [-0.25, -0.2) is 9.97 Å². The minimum atomic E-state index is 0.537. The zero-order chi connectivity index (χ0) is 12.5. The average molecular weight is 238 g/mol. The van der Waals surface area contributed by atoms with Crippen molar-refractivity contribution in [2.75, 3.05) is 25.0 Å². The summed E-state index contributed by atoms with van der Waals surface area (Å²) >= 11 is 0. The summed E-state index contributed by atoms with van der Waals surface area (Å²) < 4.78 is 5.44. The van der Waals surface area contributed by atoms with Crippen molar-refractivity contribution in [3.63, 3.8) is 0 Å². The Morgan fingerprint density at radius 3 is 3.00 bits per heavy atom. The Hall–Kier alpha value is -1.36. The first-order valence-electron chi connectivity index (χ1n) is 6.15. The predicted octanol–water partition coefficient (Wildman–Crippen LogP) is 1.66. The van der Waals surface area contributed by atoms with Gasteiger partial charge in [0, 0.05) is 12.6 Å². The summed E-state index contributed by atoms with van der Waals surface area (Å²) in [6.07, 6.45) is 3.50. The zero-order valence-corrected chi connectivity index (χ0v) is 10.6. The van der Waals surface area contributed by atoms with Gasteiger partial charge in [0.1, 0.15) is 12.1 Å². The van der Waals surface area contributed by atoms with Gasteiger partial charge in [-0.1, -0.05) is 13.8 Å². The maximum Gasteiger partial charge on any atom is 0.218 e. The van der Waals surface area contributed by atoms with E-state index in [2.05, 4.69) is 29.1 Å². The molecule has 17 heavy (non-hydrogen) atoms. The van der Waals surface area contributed by atoms with Gasteiger partial charge in [-0.2, -0.15) is 0 Å². The number of nitrogens with two attached hydrogens (primary N) is 1. The van der Waals surface area contributed by atoms with Crippen molar-refractivity contribution in [2.24, 2.45) is 11.7 Å². The standard InChI is InChI=1S/C12H22N4O/c1-3-6-17-12-7-11(15-9-16-12)14-8-10(2)4-5-13/h7,9-10H,3-6,8,13H2,1-2H3,(H,14,15,16). The van der Waals surface area contributed by atoms with Gasteiger partial charge in [-0.3, -0.25) is 0 Å². The normalized spacial score (nSPS) is 12.2. The van der Waals surface area contributed by atoms with Crippen molar-refractivity contribution in [1.29, 1.82) is 0 Å². The lowest BCUT2D eigenvalue weighted by molar-refractivity contribution is 0.305. The number of ether oxygens (including phenoxy) is 1. The monoisotopic (exact) mass is 238 g/mol. The van der Waals surface area contributed by atoms with E-state index in [1.807, 2.05) is 6.07 Å². The lowest BCUT2D eigenvalue weighted by atomic mass is 10.1. The van der Waals surface area contributed by atoms with E-state index in [4.69, 9.17) is 10.5 Å². The van der Waals surface area contributed by atoms with Gasteiger partial charge < -0.3 is 15.8 Å². The van der Waals surface area contributed by atoms with Crippen molar-refractivity contribution < 1.29 is 4.74 Å². The van der Waals surface area contributed by atoms with Gasteiger partial charge in [0.05, 0.1) is 6.61 Å². The van der Waals surface area contributed by atoms with E-state index in [1.54, 1.807) is 0 Å². The first-order chi connectivity index (χ1) is 8.26. The first-order valence-corrected chi connectivity index (χ1v) is 6.15. The molecule has 1 aromatic rings. The number of hydrogen-bond acceptors (Lipinski definition) is 5. The molecule has 3 N–H and O–H groups in total. The molecule has 0 saturated carbocycles. The minimum absolute atomic E-state index is 0.537. The lowest BCUT2D eigenvalue weighted by Gasteiger charge is -2.12. The van der Waals surface area contributed by atoms with Crippen LogP contribution >= 0.6 is 0 Å². The van der Waals surface area contributed by atoms with Crippen LogP contribution in [0.1, 0.15) is 26.7 Å². The summed E-state index contributed by atoms with van der Waals surface area (Å²) in [5, 5.41) is 3.26. The molecule has 0 radical (unpaired) electrons. The molecule has 0 amide bonds. The molecule has 1 rings (SSSR count). The van der Waals surface area contributed by atoms with Crippen molar-refractivity contribution >= 4 is 5.82 Å². The quantitative estimate of drug-likeness (QED) is 0.720. The smallest absolute Gasteiger partial charge is 0.218 e. The highest BCUT2D eigenvalue weighted by Gasteiger charge is 2.03. The van der Waals surface area contributed by atoms with E-state index in [0.717, 1.165) is 31.7 Å². The zero-order valence-electron chi connectivity index (χ0n) is 10.6. The molecule has 5 nitrogen and oxygen atoms in total. The SMILES string of the molecule is CCCOc1cc(NCC(C)CCN)ncn1. The molecule has 0 saturated heterocycles. The molecular weight excluding hydrogens is 216 g/mol. The highest BCUT2D eigenvalue weighted by Crippen LogP contribution is 2.12. The third-order valence-corrected chi connectivity index (χ3v) is 2.39. The van der Waals surface area contributed by atoms with E-state index >= 15 is 0 Å². The Morgan fingerprint density at radius 1 is 1.47 bits per heavy atom. The van der Waals surface area contributed by atoms with Crippen LogP contribution < -0.4 is 15.8 Å². The summed E-state index contributed by atoms with van der Waals surface area (Å²) in [6.45, 7) is 6.49. The summed E-state index contributed by atoms with van der Waals surface area (Å²) in [4.78, 5) is 8.19. The van der Waals surface area contributed by atoms with Crippen LogP contribution in [0, 0.1) is 5.92 Å². The van der Waals surface area contributed by atoms with Crippen LogP contribution in [-0.4, -0.2) is 29.7 Å². The molecule has 1 atom stereocenters. The van der Waals surface area contributed by atoms with Gasteiger partial charge in [-0.15, -0.1) is 0 Å². The fourth-order valence-electron chi connectivity index (χ4n) is 1.39. The predicted molar refractivity (Wildman–Crippen MR) is 69.1 cm³/mol. The Morgan fingerprint density at radius 2 is 2.29 bits per heavy atom. The Bertz CT molecular complexity index is 319. The van der Waals surface area contributed by atoms with Crippen LogP contribution in [0.4, 0.5) is 5.82 Å². The fourth-order valence-corrected chi connectivity index (χ4v) is 1.39. The molecule has 0 bridgehead atoms. The Kier molecular flexibility index (Phi) is 6.32. The first kappa shape index (κ1) is 13.7. The van der Waals surface area contributed by atoms with Crippen LogP contribution in [0.25, 0.3) is 0 Å². The van der Waals surface area contributed by atoms with Crippen LogP contribution in [-0.2, 0) is 0 Å². The topological polar surface area (TPSA) is 73.1 Å². The number of anilines is 1. The average Bonchev–Trinajstić information content (AvgIpc) is 2.35. The number of nitrogens with zero attached hydrogens (tertiary/aromatic N) is 2. The number of aromatic nitrogens is 2. The van der Waals surface area contributed by atoms with E-state index in [1.165, 1.54) is 6.33 Å². The van der Waals surface area contributed by atoms with Crippen LogP contribution in [0.3, 0.4) is 0 Å². The number of nitrogens with one attached hydrogen (secondary N) is 1. The Labute approximate surface area is 103 Å². The van der Waals surface area contributed by atoms with Crippen LogP contribution in [0.5, 0.6) is 5.88 Å². The van der Waals surface area contributed by atoms with E-state index in [-0.39, 0.29) is 0 Å². The third-order valence-electron chi connectivity index (χ3n) is 2.39.